The van der Waals surface area contributed by atoms with Crippen LogP contribution < -0.4 is 24.8 Å². The molecule has 0 saturated carbocycles. The first kappa shape index (κ1) is 25.1. The van der Waals surface area contributed by atoms with Crippen LogP contribution in [0.5, 0.6) is 0 Å². The molecule has 5 aromatic rings. The van der Waals surface area contributed by atoms with Gasteiger partial charge < -0.3 is 24.8 Å². The zero-order valence-corrected chi connectivity index (χ0v) is 19.3. The average Bonchev–Trinajstić information content (AvgIpc) is 3.36. The molecule has 0 N–H and O–H groups in total. The van der Waals surface area contributed by atoms with Gasteiger partial charge in [-0.25, -0.2) is 12.1 Å². The Hall–Kier alpha value is -1.96. The van der Waals surface area contributed by atoms with Crippen molar-refractivity contribution >= 4 is 25.9 Å². The second-order valence-corrected chi connectivity index (χ2v) is 6.79. The fraction of sp³-hybridized carbons (Fsp3) is 0.0385. The van der Waals surface area contributed by atoms with E-state index in [0.29, 0.717) is 0 Å². The van der Waals surface area contributed by atoms with E-state index in [1.165, 1.54) is 32.7 Å². The van der Waals surface area contributed by atoms with Crippen molar-refractivity contribution in [3.63, 3.8) is 0 Å². The minimum Gasteiger partial charge on any atom is -0.126 e. The Morgan fingerprint density at radius 3 is 1.48 bits per heavy atom. The Kier molecular flexibility index (Phi) is 11.5. The molecule has 29 heavy (non-hydrogen) atoms. The predicted molar refractivity (Wildman–Crippen MR) is 115 cm³/mol. The summed E-state index contributed by atoms with van der Waals surface area (Å²) in [4.78, 5) is 0. The van der Waals surface area contributed by atoms with Gasteiger partial charge in [0.05, 0.1) is 0 Å². The van der Waals surface area contributed by atoms with Gasteiger partial charge in [0.25, 0.3) is 0 Å². The Morgan fingerprint density at radius 1 is 0.655 bits per heavy atom. The van der Waals surface area contributed by atoms with Gasteiger partial charge in [-0.2, -0.15) is 17.7 Å². The van der Waals surface area contributed by atoms with Crippen LogP contribution in [0.1, 0.15) is 11.1 Å². The number of hydrogen-bond acceptors (Lipinski definition) is 0. The van der Waals surface area contributed by atoms with Gasteiger partial charge in [0.15, 0.2) is 0 Å². The van der Waals surface area contributed by atoms with Gasteiger partial charge in [0.2, 0.25) is 0 Å². The fourth-order valence-electron chi connectivity index (χ4n) is 2.92. The molecule has 5 rings (SSSR count). The molecule has 0 saturated heterocycles. The Balaban J connectivity index is 0.000000229. The molecule has 0 unspecified atom stereocenters. The van der Waals surface area contributed by atoms with Gasteiger partial charge in [-0.05, 0) is 0 Å². The zero-order valence-electron chi connectivity index (χ0n) is 16.2. The molecule has 0 aliphatic carbocycles. The van der Waals surface area contributed by atoms with Crippen molar-refractivity contribution < 1.29 is 44.8 Å². The minimum atomic E-state index is 0. The fourth-order valence-corrected chi connectivity index (χ4v) is 3.22. The first-order valence-corrected chi connectivity index (χ1v) is 9.95. The van der Waals surface area contributed by atoms with Crippen LogP contribution in [0.3, 0.4) is 0 Å². The van der Waals surface area contributed by atoms with Crippen LogP contribution in [0, 0.1) is 6.92 Å². The van der Waals surface area contributed by atoms with E-state index in [0.717, 1.165) is 0 Å². The first-order valence-electron chi connectivity index (χ1n) is 9.05. The SMILES string of the molecule is C[c-]1cccc1.[Cl-].[Cl-].[Ti+2]=[CH]c1ccccc1.c1ccc2c(c1)[cH-]c1ccccc12. The van der Waals surface area contributed by atoms with E-state index in [4.69, 9.17) is 0 Å². The van der Waals surface area contributed by atoms with Crippen LogP contribution in [-0.2, 0) is 20.0 Å². The van der Waals surface area contributed by atoms with Crippen molar-refractivity contribution in [3.8, 4) is 0 Å². The van der Waals surface area contributed by atoms with E-state index >= 15 is 0 Å². The molecule has 5 aromatic carbocycles. The largest absolute Gasteiger partial charge is 0.126 e. The molecule has 0 fully saturated rings. The Bertz CT molecular complexity index is 1040. The van der Waals surface area contributed by atoms with E-state index in [2.05, 4.69) is 90.1 Å². The minimum absolute atomic E-state index is 0. The van der Waals surface area contributed by atoms with Crippen molar-refractivity contribution in [2.45, 2.75) is 6.92 Å². The molecule has 0 bridgehead atoms. The molecule has 0 amide bonds. The Morgan fingerprint density at radius 2 is 1.10 bits per heavy atom. The van der Waals surface area contributed by atoms with Gasteiger partial charge >= 0.3 is 60.2 Å². The summed E-state index contributed by atoms with van der Waals surface area (Å²) in [5.74, 6) is 0. The molecule has 0 spiro atoms. The summed E-state index contributed by atoms with van der Waals surface area (Å²) in [6, 6.07) is 37.8. The number of fused-ring (bicyclic) bond motifs is 3. The molecule has 0 aromatic heterocycles. The molecule has 146 valence electrons. The molecule has 0 nitrogen and oxygen atoms in total. The third-order valence-corrected chi connectivity index (χ3v) is 4.84. The summed E-state index contributed by atoms with van der Waals surface area (Å²) < 4.78 is 2.08. The summed E-state index contributed by atoms with van der Waals surface area (Å²) in [5.41, 5.74) is 2.63. The molecular weight excluding hydrogens is 431 g/mol. The van der Waals surface area contributed by atoms with Crippen molar-refractivity contribution in [2.75, 3.05) is 0 Å². The molecule has 0 radical (unpaired) electrons. The smallest absolute Gasteiger partial charge is 0.0771 e. The van der Waals surface area contributed by atoms with Crippen LogP contribution in [-0.4, -0.2) is 4.31 Å². The van der Waals surface area contributed by atoms with Crippen molar-refractivity contribution in [3.05, 3.63) is 120 Å². The summed E-state index contributed by atoms with van der Waals surface area (Å²) in [5, 5.41) is 5.39. The molecule has 0 heterocycles. The molecule has 0 aliphatic heterocycles. The molecule has 3 heteroatoms. The van der Waals surface area contributed by atoms with Crippen LogP contribution in [0.4, 0.5) is 0 Å². The molecule has 0 aliphatic rings. The summed E-state index contributed by atoms with van der Waals surface area (Å²) in [7, 11) is 0. The number of benzene rings is 3. The topological polar surface area (TPSA) is 0 Å². The number of aryl methyl sites for hydroxylation is 1. The van der Waals surface area contributed by atoms with E-state index < -0.39 is 0 Å². The van der Waals surface area contributed by atoms with Crippen molar-refractivity contribution in [2.24, 2.45) is 0 Å². The standard InChI is InChI=1S/C13H9.C7H6.C6H7.2ClH.Ti/c1-3-7-12-10(5-1)9-11-6-2-4-8-13(11)12;1-7-5-3-2-4-6-7;1-6-4-2-3-5-6;;;/h1-9H;1-6H;2-5H,1H3;2*1H;/q-1;;-1;;;+2/p-2. The maximum Gasteiger partial charge on any atom is -0.0771 e. The maximum absolute atomic E-state index is 2.24. The average molecular weight is 453 g/mol. The quantitative estimate of drug-likeness (QED) is 0.261. The Labute approximate surface area is 197 Å². The number of halogens is 2. The van der Waals surface area contributed by atoms with Gasteiger partial charge in [-0.15, -0.1) is 39.7 Å². The summed E-state index contributed by atoms with van der Waals surface area (Å²) >= 11 is 2.04. The van der Waals surface area contributed by atoms with E-state index in [1.54, 1.807) is 0 Å². The normalized spacial score (nSPS) is 9.21. The van der Waals surface area contributed by atoms with Crippen LogP contribution in [0.25, 0.3) is 21.5 Å². The van der Waals surface area contributed by atoms with E-state index in [1.807, 2.05) is 50.3 Å². The van der Waals surface area contributed by atoms with Crippen molar-refractivity contribution in [1.82, 2.24) is 0 Å². The molecular formula is C26H22Cl2Ti-2. The third-order valence-electron chi connectivity index (χ3n) is 4.32. The third kappa shape index (κ3) is 7.42. The number of hydrogen-bond donors (Lipinski definition) is 0. The summed E-state index contributed by atoms with van der Waals surface area (Å²) in [6.07, 6.45) is 0. The van der Waals surface area contributed by atoms with Gasteiger partial charge in [-0.3, -0.25) is 0 Å². The van der Waals surface area contributed by atoms with Gasteiger partial charge in [0, 0.05) is 0 Å². The van der Waals surface area contributed by atoms with Gasteiger partial charge in [0.1, 0.15) is 0 Å². The molecule has 0 atom stereocenters. The predicted octanol–water partition coefficient (Wildman–Crippen LogP) is 0.818. The number of rotatable bonds is 1. The van der Waals surface area contributed by atoms with Crippen molar-refractivity contribution in [1.29, 1.82) is 0 Å². The van der Waals surface area contributed by atoms with E-state index in [9.17, 15) is 0 Å². The monoisotopic (exact) mass is 452 g/mol. The summed E-state index contributed by atoms with van der Waals surface area (Å²) in [6.45, 7) is 2.08. The second-order valence-electron chi connectivity index (χ2n) is 6.34. The maximum atomic E-state index is 2.24. The zero-order chi connectivity index (χ0) is 18.9. The van der Waals surface area contributed by atoms with Crippen LogP contribution in [0.2, 0.25) is 0 Å². The first-order chi connectivity index (χ1) is 13.3. The van der Waals surface area contributed by atoms with Crippen LogP contribution >= 0.6 is 0 Å². The van der Waals surface area contributed by atoms with Gasteiger partial charge in [-0.1, -0.05) is 43.3 Å². The second kappa shape index (κ2) is 13.3. The van der Waals surface area contributed by atoms with Crippen LogP contribution in [0.15, 0.2) is 109 Å². The van der Waals surface area contributed by atoms with E-state index in [-0.39, 0.29) is 24.8 Å².